The van der Waals surface area contributed by atoms with Gasteiger partial charge in [0.05, 0.1) is 25.5 Å². The van der Waals surface area contributed by atoms with Crippen molar-refractivity contribution in [3.63, 3.8) is 0 Å². The number of aromatic nitrogens is 3. The summed E-state index contributed by atoms with van der Waals surface area (Å²) >= 11 is 8.14. The Kier molecular flexibility index (Phi) is 6.29. The van der Waals surface area contributed by atoms with Crippen LogP contribution in [0.3, 0.4) is 0 Å². The van der Waals surface area contributed by atoms with Crippen LogP contribution >= 0.6 is 22.9 Å². The Hall–Kier alpha value is -2.59. The van der Waals surface area contributed by atoms with Crippen molar-refractivity contribution >= 4 is 34.6 Å². The van der Waals surface area contributed by atoms with Crippen LogP contribution in [0.15, 0.2) is 35.3 Å². The van der Waals surface area contributed by atoms with E-state index in [4.69, 9.17) is 21.3 Å². The number of aliphatic hydroxyl groups is 1. The lowest BCUT2D eigenvalue weighted by molar-refractivity contribution is -0.135. The summed E-state index contributed by atoms with van der Waals surface area (Å²) in [4.78, 5) is 20.5. The van der Waals surface area contributed by atoms with Crippen LogP contribution in [-0.2, 0) is 16.0 Å². The molecule has 2 aliphatic heterocycles. The molecule has 1 fully saturated rings. The molecule has 1 unspecified atom stereocenters. The summed E-state index contributed by atoms with van der Waals surface area (Å²) in [5.74, 6) is 1.46. The number of carbonyl (C=O) groups excluding carboxylic acids is 1. The summed E-state index contributed by atoms with van der Waals surface area (Å²) in [7, 11) is 0. The fourth-order valence-electron chi connectivity index (χ4n) is 4.21. The number of hydrogen-bond acceptors (Lipinski definition) is 7. The molecule has 1 aromatic carbocycles. The molecule has 0 saturated carbocycles. The zero-order valence-electron chi connectivity index (χ0n) is 18.2. The van der Waals surface area contributed by atoms with Crippen LogP contribution in [0.4, 0.5) is 0 Å². The third-order valence-corrected chi connectivity index (χ3v) is 7.42. The van der Waals surface area contributed by atoms with Crippen molar-refractivity contribution in [3.05, 3.63) is 63.0 Å². The summed E-state index contributed by atoms with van der Waals surface area (Å²) < 4.78 is 7.31. The highest BCUT2D eigenvalue weighted by molar-refractivity contribution is 7.15. The van der Waals surface area contributed by atoms with E-state index in [1.807, 2.05) is 40.7 Å². The van der Waals surface area contributed by atoms with E-state index in [9.17, 15) is 9.90 Å². The fraction of sp³-hybridized carbons (Fsp3) is 0.391. The van der Waals surface area contributed by atoms with E-state index in [1.54, 1.807) is 11.3 Å². The number of rotatable bonds is 5. The molecule has 0 spiro atoms. The maximum Gasteiger partial charge on any atom is 0.223 e. The van der Waals surface area contributed by atoms with Gasteiger partial charge in [-0.15, -0.1) is 21.5 Å². The summed E-state index contributed by atoms with van der Waals surface area (Å²) in [6.45, 7) is 4.18. The van der Waals surface area contributed by atoms with Crippen molar-refractivity contribution in [1.29, 1.82) is 0 Å². The first-order valence-corrected chi connectivity index (χ1v) is 12.1. The Bertz CT molecular complexity index is 1210. The summed E-state index contributed by atoms with van der Waals surface area (Å²) in [5, 5.41) is 20.1. The number of ether oxygens (including phenoxy) is 1. The number of aliphatic hydroxyl groups excluding tert-OH is 1. The smallest absolute Gasteiger partial charge is 0.223 e. The fourth-order valence-corrected chi connectivity index (χ4v) is 5.65. The molecule has 10 heteroatoms. The number of nitrogens with zero attached hydrogens (tertiary/aromatic N) is 5. The molecular formula is C23H24ClN5O3S. The van der Waals surface area contributed by atoms with E-state index >= 15 is 0 Å². The van der Waals surface area contributed by atoms with Gasteiger partial charge in [0.15, 0.2) is 5.82 Å². The van der Waals surface area contributed by atoms with Crippen LogP contribution in [0, 0.1) is 6.92 Å². The van der Waals surface area contributed by atoms with Crippen LogP contribution in [0.1, 0.15) is 40.1 Å². The number of hydrogen-bond donors (Lipinski definition) is 1. The number of amides is 1. The molecule has 0 radical (unpaired) electrons. The van der Waals surface area contributed by atoms with Crippen molar-refractivity contribution in [2.45, 2.75) is 25.8 Å². The molecule has 1 saturated heterocycles. The molecule has 4 heterocycles. The minimum Gasteiger partial charge on any atom is -0.394 e. The van der Waals surface area contributed by atoms with Gasteiger partial charge in [-0.25, -0.2) is 0 Å². The van der Waals surface area contributed by atoms with Crippen LogP contribution in [0.2, 0.25) is 5.02 Å². The van der Waals surface area contributed by atoms with E-state index in [1.165, 1.54) is 0 Å². The SMILES string of the molecule is Cc1nnc2n1-c1sc(CCC(=O)N3CCOCC3)cc1C(c1ccccc1Cl)=NC2CO. The Morgan fingerprint density at radius 2 is 2.03 bits per heavy atom. The highest BCUT2D eigenvalue weighted by Crippen LogP contribution is 2.37. The standard InChI is InChI=1S/C23H24ClN5O3S/c1-14-26-27-22-19(13-30)25-21(16-4-2-3-5-18(16)24)17-12-15(33-23(17)29(14)22)6-7-20(31)28-8-10-32-11-9-28/h2-5,12,19,30H,6-11,13H2,1H3. The molecule has 3 aromatic rings. The van der Waals surface area contributed by atoms with Crippen molar-refractivity contribution in [3.8, 4) is 5.00 Å². The lowest BCUT2D eigenvalue weighted by atomic mass is 10.0. The Morgan fingerprint density at radius 3 is 2.79 bits per heavy atom. The van der Waals surface area contributed by atoms with Crippen LogP contribution in [-0.4, -0.2) is 69.3 Å². The number of aliphatic imine (C=N–C) groups is 1. The molecule has 1 amide bonds. The molecule has 0 aliphatic carbocycles. The predicted molar refractivity (Wildman–Crippen MR) is 127 cm³/mol. The first-order chi connectivity index (χ1) is 16.1. The van der Waals surface area contributed by atoms with Gasteiger partial charge in [0, 0.05) is 40.5 Å². The zero-order valence-corrected chi connectivity index (χ0v) is 19.8. The van der Waals surface area contributed by atoms with Crippen LogP contribution in [0.5, 0.6) is 0 Å². The van der Waals surface area contributed by atoms with Gasteiger partial charge in [0.25, 0.3) is 0 Å². The Morgan fingerprint density at radius 1 is 1.24 bits per heavy atom. The van der Waals surface area contributed by atoms with E-state index in [2.05, 4.69) is 16.3 Å². The minimum atomic E-state index is -0.552. The van der Waals surface area contributed by atoms with E-state index in [0.29, 0.717) is 55.7 Å². The van der Waals surface area contributed by atoms with Crippen LogP contribution in [0.25, 0.3) is 5.00 Å². The highest BCUT2D eigenvalue weighted by atomic mass is 35.5. The molecule has 2 aromatic heterocycles. The molecule has 172 valence electrons. The van der Waals surface area contributed by atoms with Crippen molar-refractivity contribution in [2.75, 3.05) is 32.9 Å². The maximum absolute atomic E-state index is 12.7. The Labute approximate surface area is 200 Å². The Balaban J connectivity index is 1.54. The van der Waals surface area contributed by atoms with Gasteiger partial charge < -0.3 is 14.7 Å². The number of morpholine rings is 1. The summed E-state index contributed by atoms with van der Waals surface area (Å²) in [5.41, 5.74) is 2.41. The van der Waals surface area contributed by atoms with Gasteiger partial charge in [-0.1, -0.05) is 29.8 Å². The lowest BCUT2D eigenvalue weighted by Crippen LogP contribution is -2.40. The molecule has 0 bridgehead atoms. The second-order valence-corrected chi connectivity index (χ2v) is 9.54. The first kappa shape index (κ1) is 22.2. The highest BCUT2D eigenvalue weighted by Gasteiger charge is 2.30. The lowest BCUT2D eigenvalue weighted by Gasteiger charge is -2.26. The number of thiophene rings is 1. The quantitative estimate of drug-likeness (QED) is 0.599. The van der Waals surface area contributed by atoms with Crippen molar-refractivity contribution in [1.82, 2.24) is 19.7 Å². The number of carbonyl (C=O) groups is 1. The number of halogens is 1. The van der Waals surface area contributed by atoms with Gasteiger partial charge in [-0.3, -0.25) is 14.4 Å². The number of aryl methyl sites for hydroxylation is 2. The average molecular weight is 486 g/mol. The first-order valence-electron chi connectivity index (χ1n) is 10.9. The number of fused-ring (bicyclic) bond motifs is 3. The summed E-state index contributed by atoms with van der Waals surface area (Å²) in [6, 6.07) is 9.08. The molecule has 8 nitrogen and oxygen atoms in total. The normalized spacial score (nSPS) is 17.8. The van der Waals surface area contributed by atoms with Gasteiger partial charge in [0.1, 0.15) is 16.9 Å². The minimum absolute atomic E-state index is 0.142. The average Bonchev–Trinajstić information content (AvgIpc) is 3.39. The zero-order chi connectivity index (χ0) is 22.9. The molecular weight excluding hydrogens is 462 g/mol. The molecule has 5 rings (SSSR count). The summed E-state index contributed by atoms with van der Waals surface area (Å²) in [6.07, 6.45) is 1.06. The van der Waals surface area contributed by atoms with E-state index < -0.39 is 6.04 Å². The monoisotopic (exact) mass is 485 g/mol. The molecule has 2 aliphatic rings. The maximum atomic E-state index is 12.7. The number of benzene rings is 1. The van der Waals surface area contributed by atoms with E-state index in [0.717, 1.165) is 26.8 Å². The second-order valence-electron chi connectivity index (χ2n) is 8.02. The van der Waals surface area contributed by atoms with Crippen LogP contribution < -0.4 is 0 Å². The third-order valence-electron chi connectivity index (χ3n) is 5.91. The molecule has 1 atom stereocenters. The topological polar surface area (TPSA) is 92.8 Å². The largest absolute Gasteiger partial charge is 0.394 e. The second kappa shape index (κ2) is 9.34. The molecule has 1 N–H and O–H groups in total. The van der Waals surface area contributed by atoms with Gasteiger partial charge in [0.2, 0.25) is 5.91 Å². The van der Waals surface area contributed by atoms with Gasteiger partial charge in [-0.2, -0.15) is 0 Å². The van der Waals surface area contributed by atoms with Gasteiger partial charge in [-0.05, 0) is 25.5 Å². The third kappa shape index (κ3) is 4.21. The van der Waals surface area contributed by atoms with Crippen molar-refractivity contribution in [2.24, 2.45) is 4.99 Å². The van der Waals surface area contributed by atoms with E-state index in [-0.39, 0.29) is 12.5 Å². The molecule has 33 heavy (non-hydrogen) atoms. The van der Waals surface area contributed by atoms with Gasteiger partial charge >= 0.3 is 0 Å². The van der Waals surface area contributed by atoms with Crippen molar-refractivity contribution < 1.29 is 14.6 Å². The predicted octanol–water partition coefficient (Wildman–Crippen LogP) is 2.97.